The van der Waals surface area contributed by atoms with Gasteiger partial charge in [-0.3, -0.25) is 13.9 Å². The fourth-order valence-electron chi connectivity index (χ4n) is 3.90. The number of anilines is 1. The van der Waals surface area contributed by atoms with Crippen molar-refractivity contribution in [1.29, 1.82) is 0 Å². The van der Waals surface area contributed by atoms with Crippen molar-refractivity contribution >= 4 is 39.1 Å². The maximum atomic E-state index is 13.9. The van der Waals surface area contributed by atoms with Crippen molar-refractivity contribution in [1.82, 2.24) is 10.2 Å². The molecule has 0 bridgehead atoms. The van der Waals surface area contributed by atoms with E-state index in [1.54, 1.807) is 49.4 Å². The highest BCUT2D eigenvalue weighted by Gasteiger charge is 2.32. The zero-order valence-corrected chi connectivity index (χ0v) is 23.7. The Bertz CT molecular complexity index is 1350. The van der Waals surface area contributed by atoms with E-state index >= 15 is 0 Å². The summed E-state index contributed by atoms with van der Waals surface area (Å²) in [5.41, 5.74) is 2.14. The number of sulfonamides is 1. The molecule has 1 N–H and O–H groups in total. The third-order valence-corrected chi connectivity index (χ3v) is 8.05. The molecule has 0 aliphatic rings. The summed E-state index contributed by atoms with van der Waals surface area (Å²) in [5.74, 6) is -0.569. The van der Waals surface area contributed by atoms with E-state index in [2.05, 4.69) is 5.32 Å². The van der Waals surface area contributed by atoms with Crippen LogP contribution >= 0.6 is 11.6 Å². The lowest BCUT2D eigenvalue weighted by Crippen LogP contribution is -2.51. The second-order valence-electron chi connectivity index (χ2n) is 9.63. The summed E-state index contributed by atoms with van der Waals surface area (Å²) in [5, 5.41) is 3.32. The Morgan fingerprint density at radius 2 is 1.58 bits per heavy atom. The molecule has 38 heavy (non-hydrogen) atoms. The third kappa shape index (κ3) is 7.58. The molecular formula is C29H34ClN3O4S. The molecule has 1 unspecified atom stereocenters. The largest absolute Gasteiger partial charge is 0.354 e. The van der Waals surface area contributed by atoms with Gasteiger partial charge >= 0.3 is 0 Å². The van der Waals surface area contributed by atoms with Crippen LogP contribution in [0.15, 0.2) is 83.8 Å². The second-order valence-corrected chi connectivity index (χ2v) is 11.9. The number of nitrogens with zero attached hydrogens (tertiary/aromatic N) is 2. The Hall–Kier alpha value is -3.36. The average molecular weight is 556 g/mol. The standard InChI is InChI=1S/C29H34ClN3O4S/c1-21(2)18-31-29(35)23(4)32(19-24-10-8-9-22(3)17-24)28(34)20-33(26-15-13-25(30)14-16-26)38(36,37)27-11-6-5-7-12-27/h5-17,21,23H,18-20H2,1-4H3,(H,31,35). The van der Waals surface area contributed by atoms with Gasteiger partial charge < -0.3 is 10.2 Å². The second kappa shape index (κ2) is 12.9. The number of nitrogens with one attached hydrogen (secondary N) is 1. The molecule has 0 spiro atoms. The number of halogens is 1. The van der Waals surface area contributed by atoms with Crippen molar-refractivity contribution in [2.24, 2.45) is 5.92 Å². The summed E-state index contributed by atoms with van der Waals surface area (Å²) in [6.07, 6.45) is 0. The summed E-state index contributed by atoms with van der Waals surface area (Å²) in [6, 6.07) is 21.0. The predicted octanol–water partition coefficient (Wildman–Crippen LogP) is 5.03. The van der Waals surface area contributed by atoms with Gasteiger partial charge in [-0.05, 0) is 61.7 Å². The minimum absolute atomic E-state index is 0.0516. The van der Waals surface area contributed by atoms with Crippen molar-refractivity contribution in [3.05, 3.63) is 95.0 Å². The number of amides is 2. The first-order valence-corrected chi connectivity index (χ1v) is 14.3. The van der Waals surface area contributed by atoms with Gasteiger partial charge in [0.25, 0.3) is 10.0 Å². The minimum atomic E-state index is -4.10. The van der Waals surface area contributed by atoms with Crippen molar-refractivity contribution < 1.29 is 18.0 Å². The maximum absolute atomic E-state index is 13.9. The first kappa shape index (κ1) is 29.2. The monoisotopic (exact) mass is 555 g/mol. The Balaban J connectivity index is 1.99. The lowest BCUT2D eigenvalue weighted by Gasteiger charge is -2.32. The van der Waals surface area contributed by atoms with E-state index in [1.165, 1.54) is 17.0 Å². The van der Waals surface area contributed by atoms with Gasteiger partial charge in [-0.25, -0.2) is 8.42 Å². The third-order valence-electron chi connectivity index (χ3n) is 6.01. The van der Waals surface area contributed by atoms with Gasteiger partial charge in [0.1, 0.15) is 12.6 Å². The quantitative estimate of drug-likeness (QED) is 0.359. The minimum Gasteiger partial charge on any atom is -0.354 e. The highest BCUT2D eigenvalue weighted by Crippen LogP contribution is 2.26. The first-order chi connectivity index (χ1) is 18.0. The molecule has 0 radical (unpaired) electrons. The summed E-state index contributed by atoms with van der Waals surface area (Å²) < 4.78 is 28.5. The van der Waals surface area contributed by atoms with Crippen LogP contribution in [0.5, 0.6) is 0 Å². The smallest absolute Gasteiger partial charge is 0.264 e. The first-order valence-electron chi connectivity index (χ1n) is 12.4. The Morgan fingerprint density at radius 1 is 0.921 bits per heavy atom. The number of rotatable bonds is 11. The number of benzene rings is 3. The molecule has 0 aromatic heterocycles. The summed E-state index contributed by atoms with van der Waals surface area (Å²) in [6.45, 7) is 7.70. The van der Waals surface area contributed by atoms with Crippen LogP contribution in [-0.2, 0) is 26.2 Å². The van der Waals surface area contributed by atoms with E-state index in [1.807, 2.05) is 45.0 Å². The predicted molar refractivity (Wildman–Crippen MR) is 151 cm³/mol. The van der Waals surface area contributed by atoms with E-state index in [4.69, 9.17) is 11.6 Å². The lowest BCUT2D eigenvalue weighted by molar-refractivity contribution is -0.139. The fourth-order valence-corrected chi connectivity index (χ4v) is 5.46. The van der Waals surface area contributed by atoms with Crippen LogP contribution in [0.3, 0.4) is 0 Å². The number of carbonyl (C=O) groups is 2. The number of hydrogen-bond donors (Lipinski definition) is 1. The maximum Gasteiger partial charge on any atom is 0.264 e. The van der Waals surface area contributed by atoms with Gasteiger partial charge in [-0.2, -0.15) is 0 Å². The van der Waals surface area contributed by atoms with Crippen LogP contribution in [0.2, 0.25) is 5.02 Å². The zero-order chi connectivity index (χ0) is 27.9. The van der Waals surface area contributed by atoms with E-state index in [-0.39, 0.29) is 23.3 Å². The van der Waals surface area contributed by atoms with E-state index in [9.17, 15) is 18.0 Å². The van der Waals surface area contributed by atoms with Crippen LogP contribution < -0.4 is 9.62 Å². The van der Waals surface area contributed by atoms with Gasteiger partial charge in [0.15, 0.2) is 0 Å². The Morgan fingerprint density at radius 3 is 2.18 bits per heavy atom. The SMILES string of the molecule is Cc1cccc(CN(C(=O)CN(c2ccc(Cl)cc2)S(=O)(=O)c2ccccc2)C(C)C(=O)NCC(C)C)c1. The van der Waals surface area contributed by atoms with Gasteiger partial charge in [0.2, 0.25) is 11.8 Å². The van der Waals surface area contributed by atoms with Crippen LogP contribution in [-0.4, -0.2) is 44.3 Å². The fraction of sp³-hybridized carbons (Fsp3) is 0.310. The molecule has 3 aromatic carbocycles. The molecule has 0 heterocycles. The molecule has 0 aliphatic heterocycles. The Kier molecular flexibility index (Phi) is 9.94. The highest BCUT2D eigenvalue weighted by molar-refractivity contribution is 7.92. The van der Waals surface area contributed by atoms with Gasteiger partial charge in [0, 0.05) is 18.1 Å². The van der Waals surface area contributed by atoms with Crippen LogP contribution in [0.1, 0.15) is 31.9 Å². The van der Waals surface area contributed by atoms with E-state index < -0.39 is 28.5 Å². The highest BCUT2D eigenvalue weighted by atomic mass is 35.5. The summed E-state index contributed by atoms with van der Waals surface area (Å²) in [4.78, 5) is 28.3. The molecule has 0 saturated heterocycles. The molecule has 0 fully saturated rings. The van der Waals surface area contributed by atoms with Gasteiger partial charge in [-0.15, -0.1) is 0 Å². The molecular weight excluding hydrogens is 522 g/mol. The van der Waals surface area contributed by atoms with Crippen LogP contribution in [0.4, 0.5) is 5.69 Å². The molecule has 7 nitrogen and oxygen atoms in total. The van der Waals surface area contributed by atoms with Crippen molar-refractivity contribution in [2.45, 2.75) is 45.2 Å². The topological polar surface area (TPSA) is 86.8 Å². The molecule has 3 rings (SSSR count). The zero-order valence-electron chi connectivity index (χ0n) is 22.1. The number of aryl methyl sites for hydroxylation is 1. The van der Waals surface area contributed by atoms with Crippen molar-refractivity contribution in [3.63, 3.8) is 0 Å². The van der Waals surface area contributed by atoms with Gasteiger partial charge in [0.05, 0.1) is 10.6 Å². The molecule has 9 heteroatoms. The molecule has 202 valence electrons. The molecule has 1 atom stereocenters. The van der Waals surface area contributed by atoms with Crippen LogP contribution in [0.25, 0.3) is 0 Å². The van der Waals surface area contributed by atoms with Crippen molar-refractivity contribution in [3.8, 4) is 0 Å². The van der Waals surface area contributed by atoms with E-state index in [0.717, 1.165) is 15.4 Å². The Labute approximate surface area is 230 Å². The van der Waals surface area contributed by atoms with Crippen molar-refractivity contribution in [2.75, 3.05) is 17.4 Å². The number of carbonyl (C=O) groups excluding carboxylic acids is 2. The molecule has 3 aromatic rings. The normalized spacial score (nSPS) is 12.2. The summed E-state index contributed by atoms with van der Waals surface area (Å²) >= 11 is 6.05. The number of hydrogen-bond acceptors (Lipinski definition) is 4. The molecule has 0 saturated carbocycles. The molecule has 2 amide bonds. The van der Waals surface area contributed by atoms with E-state index in [0.29, 0.717) is 17.3 Å². The average Bonchev–Trinajstić information content (AvgIpc) is 2.89. The lowest BCUT2D eigenvalue weighted by atomic mass is 10.1. The van der Waals surface area contributed by atoms with Crippen LogP contribution in [0, 0.1) is 12.8 Å². The molecule has 0 aliphatic carbocycles. The summed E-state index contributed by atoms with van der Waals surface area (Å²) in [7, 11) is -4.10. The van der Waals surface area contributed by atoms with Gasteiger partial charge in [-0.1, -0.05) is 73.5 Å².